The van der Waals surface area contributed by atoms with Gasteiger partial charge in [-0.3, -0.25) is 0 Å². The standard InChI is InChI=1S/C14H12N2O/c1-9-4-3-5-11(6-9)12-7-13-14(15-8-12)16-10(2)17-13/h3-8H,1-2H3. The van der Waals surface area contributed by atoms with Gasteiger partial charge in [-0.05, 0) is 18.6 Å². The van der Waals surface area contributed by atoms with Crippen LogP contribution in [0.4, 0.5) is 0 Å². The molecular weight excluding hydrogens is 212 g/mol. The van der Waals surface area contributed by atoms with Crippen LogP contribution < -0.4 is 0 Å². The Labute approximate surface area is 99.1 Å². The quantitative estimate of drug-likeness (QED) is 0.635. The summed E-state index contributed by atoms with van der Waals surface area (Å²) in [6, 6.07) is 10.3. The van der Waals surface area contributed by atoms with Crippen molar-refractivity contribution in [2.45, 2.75) is 13.8 Å². The van der Waals surface area contributed by atoms with Crippen molar-refractivity contribution in [3.05, 3.63) is 48.0 Å². The van der Waals surface area contributed by atoms with E-state index in [4.69, 9.17) is 4.42 Å². The number of oxazole rings is 1. The maximum Gasteiger partial charge on any atom is 0.198 e. The first-order valence-corrected chi connectivity index (χ1v) is 5.52. The van der Waals surface area contributed by atoms with Gasteiger partial charge in [-0.15, -0.1) is 0 Å². The van der Waals surface area contributed by atoms with Gasteiger partial charge in [0.1, 0.15) is 0 Å². The zero-order chi connectivity index (χ0) is 11.8. The molecule has 0 bridgehead atoms. The summed E-state index contributed by atoms with van der Waals surface area (Å²) >= 11 is 0. The number of rotatable bonds is 1. The lowest BCUT2D eigenvalue weighted by molar-refractivity contribution is 0.561. The van der Waals surface area contributed by atoms with Crippen molar-refractivity contribution < 1.29 is 4.42 Å². The lowest BCUT2D eigenvalue weighted by atomic mass is 10.1. The molecule has 0 aliphatic heterocycles. The Balaban J connectivity index is 2.17. The van der Waals surface area contributed by atoms with Crippen molar-refractivity contribution in [2.75, 3.05) is 0 Å². The van der Waals surface area contributed by atoms with Gasteiger partial charge in [0.25, 0.3) is 0 Å². The topological polar surface area (TPSA) is 38.9 Å². The van der Waals surface area contributed by atoms with Gasteiger partial charge >= 0.3 is 0 Å². The third-order valence-corrected chi connectivity index (χ3v) is 2.71. The van der Waals surface area contributed by atoms with Crippen LogP contribution in [0.25, 0.3) is 22.4 Å². The van der Waals surface area contributed by atoms with Crippen molar-refractivity contribution in [2.24, 2.45) is 0 Å². The van der Waals surface area contributed by atoms with Crippen LogP contribution in [0, 0.1) is 13.8 Å². The molecule has 1 aromatic carbocycles. The zero-order valence-electron chi connectivity index (χ0n) is 9.77. The zero-order valence-corrected chi connectivity index (χ0v) is 9.77. The third kappa shape index (κ3) is 1.80. The number of nitrogens with zero attached hydrogens (tertiary/aromatic N) is 2. The Hall–Kier alpha value is -2.16. The van der Waals surface area contributed by atoms with E-state index in [1.54, 1.807) is 0 Å². The van der Waals surface area contributed by atoms with Crippen LogP contribution in [-0.4, -0.2) is 9.97 Å². The molecule has 0 N–H and O–H groups in total. The molecule has 3 rings (SSSR count). The van der Waals surface area contributed by atoms with Crippen molar-refractivity contribution in [3.8, 4) is 11.1 Å². The van der Waals surface area contributed by atoms with Crippen LogP contribution >= 0.6 is 0 Å². The summed E-state index contributed by atoms with van der Waals surface area (Å²) in [6.07, 6.45) is 1.83. The fraction of sp³-hybridized carbons (Fsp3) is 0.143. The van der Waals surface area contributed by atoms with Crippen LogP contribution in [-0.2, 0) is 0 Å². The van der Waals surface area contributed by atoms with Crippen LogP contribution in [0.3, 0.4) is 0 Å². The van der Waals surface area contributed by atoms with E-state index in [1.165, 1.54) is 5.56 Å². The van der Waals surface area contributed by atoms with Gasteiger partial charge in [0.05, 0.1) is 0 Å². The summed E-state index contributed by atoms with van der Waals surface area (Å²) in [5.74, 6) is 0.647. The fourth-order valence-corrected chi connectivity index (χ4v) is 1.91. The molecule has 17 heavy (non-hydrogen) atoms. The van der Waals surface area contributed by atoms with E-state index in [2.05, 4.69) is 35.1 Å². The second-order valence-corrected chi connectivity index (χ2v) is 4.15. The summed E-state index contributed by atoms with van der Waals surface area (Å²) in [5, 5.41) is 0. The van der Waals surface area contributed by atoms with Crippen molar-refractivity contribution in [1.82, 2.24) is 9.97 Å². The van der Waals surface area contributed by atoms with Gasteiger partial charge in [-0.1, -0.05) is 29.8 Å². The van der Waals surface area contributed by atoms with E-state index in [9.17, 15) is 0 Å². The largest absolute Gasteiger partial charge is 0.439 e. The predicted octanol–water partition coefficient (Wildman–Crippen LogP) is 3.51. The summed E-state index contributed by atoms with van der Waals surface area (Å²) in [7, 11) is 0. The summed E-state index contributed by atoms with van der Waals surface area (Å²) < 4.78 is 5.49. The van der Waals surface area contributed by atoms with Gasteiger partial charge in [0.15, 0.2) is 17.1 Å². The minimum atomic E-state index is 0.647. The predicted molar refractivity (Wildman–Crippen MR) is 66.7 cm³/mol. The van der Waals surface area contributed by atoms with E-state index in [1.807, 2.05) is 25.3 Å². The average molecular weight is 224 g/mol. The number of aryl methyl sites for hydroxylation is 2. The normalized spacial score (nSPS) is 10.9. The number of aromatic nitrogens is 2. The highest BCUT2D eigenvalue weighted by Gasteiger charge is 2.06. The van der Waals surface area contributed by atoms with E-state index in [-0.39, 0.29) is 0 Å². The van der Waals surface area contributed by atoms with E-state index in [0.717, 1.165) is 16.7 Å². The smallest absolute Gasteiger partial charge is 0.198 e. The van der Waals surface area contributed by atoms with Gasteiger partial charge in [-0.25, -0.2) is 4.98 Å². The molecule has 3 nitrogen and oxygen atoms in total. The molecule has 0 amide bonds. The first-order valence-electron chi connectivity index (χ1n) is 5.52. The monoisotopic (exact) mass is 224 g/mol. The average Bonchev–Trinajstić information content (AvgIpc) is 2.68. The van der Waals surface area contributed by atoms with Crippen LogP contribution in [0.15, 0.2) is 40.9 Å². The molecule has 3 heteroatoms. The molecule has 0 saturated heterocycles. The van der Waals surface area contributed by atoms with Gasteiger partial charge < -0.3 is 4.42 Å². The summed E-state index contributed by atoms with van der Waals surface area (Å²) in [6.45, 7) is 3.90. The van der Waals surface area contributed by atoms with Crippen LogP contribution in [0.2, 0.25) is 0 Å². The van der Waals surface area contributed by atoms with Crippen molar-refractivity contribution in [3.63, 3.8) is 0 Å². The van der Waals surface area contributed by atoms with Crippen LogP contribution in [0.1, 0.15) is 11.5 Å². The Morgan fingerprint density at radius 2 is 1.94 bits per heavy atom. The summed E-state index contributed by atoms with van der Waals surface area (Å²) in [5.41, 5.74) is 4.84. The molecule has 0 radical (unpaired) electrons. The first-order chi connectivity index (χ1) is 8.22. The fourth-order valence-electron chi connectivity index (χ4n) is 1.91. The number of hydrogen-bond acceptors (Lipinski definition) is 3. The molecule has 3 aromatic rings. The van der Waals surface area contributed by atoms with E-state index >= 15 is 0 Å². The molecule has 84 valence electrons. The Kier molecular flexibility index (Phi) is 2.18. The Morgan fingerprint density at radius 1 is 1.06 bits per heavy atom. The van der Waals surface area contributed by atoms with Crippen molar-refractivity contribution >= 4 is 11.2 Å². The second kappa shape index (κ2) is 3.70. The molecular formula is C14H12N2O. The third-order valence-electron chi connectivity index (χ3n) is 2.71. The maximum absolute atomic E-state index is 5.49. The SMILES string of the molecule is Cc1cccc(-c2cnc3nc(C)oc3c2)c1. The Morgan fingerprint density at radius 3 is 2.76 bits per heavy atom. The minimum absolute atomic E-state index is 0.647. The number of hydrogen-bond donors (Lipinski definition) is 0. The lowest BCUT2D eigenvalue weighted by Gasteiger charge is -2.01. The van der Waals surface area contributed by atoms with Gasteiger partial charge in [0.2, 0.25) is 0 Å². The Bertz CT molecular complexity index is 686. The molecule has 0 aliphatic carbocycles. The highest BCUT2D eigenvalue weighted by Crippen LogP contribution is 2.23. The molecule has 0 saturated carbocycles. The molecule has 0 aliphatic rings. The van der Waals surface area contributed by atoms with Crippen LogP contribution in [0.5, 0.6) is 0 Å². The second-order valence-electron chi connectivity index (χ2n) is 4.15. The highest BCUT2D eigenvalue weighted by molar-refractivity contribution is 5.76. The maximum atomic E-state index is 5.49. The number of benzene rings is 1. The van der Waals surface area contributed by atoms with E-state index < -0.39 is 0 Å². The lowest BCUT2D eigenvalue weighted by Crippen LogP contribution is -1.82. The number of fused-ring (bicyclic) bond motifs is 1. The molecule has 0 spiro atoms. The molecule has 2 aromatic heterocycles. The molecule has 2 heterocycles. The number of pyridine rings is 1. The first kappa shape index (κ1) is 10.0. The summed E-state index contributed by atoms with van der Waals surface area (Å²) in [4.78, 5) is 8.49. The minimum Gasteiger partial charge on any atom is -0.439 e. The highest BCUT2D eigenvalue weighted by atomic mass is 16.3. The van der Waals surface area contributed by atoms with Crippen molar-refractivity contribution in [1.29, 1.82) is 0 Å². The molecule has 0 atom stereocenters. The van der Waals surface area contributed by atoms with E-state index in [0.29, 0.717) is 11.5 Å². The molecule has 0 fully saturated rings. The van der Waals surface area contributed by atoms with Gasteiger partial charge in [0, 0.05) is 18.7 Å². The molecule has 0 unspecified atom stereocenters. The van der Waals surface area contributed by atoms with Gasteiger partial charge in [-0.2, -0.15) is 4.98 Å².